The number of rotatable bonds is 5. The average Bonchev–Trinajstić information content (AvgIpc) is 2.55. The number of halogens is 1. The minimum atomic E-state index is 0.701. The highest BCUT2D eigenvalue weighted by atomic mass is 79.9. The lowest BCUT2D eigenvalue weighted by molar-refractivity contribution is 0.286. The van der Waals surface area contributed by atoms with E-state index in [-0.39, 0.29) is 0 Å². The van der Waals surface area contributed by atoms with E-state index < -0.39 is 0 Å². The van der Waals surface area contributed by atoms with E-state index in [1.165, 1.54) is 19.4 Å². The highest BCUT2D eigenvalue weighted by Crippen LogP contribution is 2.09. The Morgan fingerprint density at radius 1 is 1.69 bits per heavy atom. The zero-order valence-electron chi connectivity index (χ0n) is 8.35. The molecule has 1 unspecified atom stereocenters. The van der Waals surface area contributed by atoms with Gasteiger partial charge in [0.15, 0.2) is 0 Å². The van der Waals surface area contributed by atoms with Crippen molar-refractivity contribution in [3.63, 3.8) is 0 Å². The Bertz CT molecular complexity index is 164. The summed E-state index contributed by atoms with van der Waals surface area (Å²) >= 11 is 3.41. The maximum absolute atomic E-state index is 3.87. The molecule has 1 atom stereocenters. The van der Waals surface area contributed by atoms with E-state index in [2.05, 4.69) is 39.6 Å². The monoisotopic (exact) mass is 246 g/mol. The van der Waals surface area contributed by atoms with E-state index in [9.17, 15) is 0 Å². The minimum absolute atomic E-state index is 0.701. The molecule has 0 spiro atoms. The molecule has 1 N–H and O–H groups in total. The van der Waals surface area contributed by atoms with Gasteiger partial charge in [0.2, 0.25) is 0 Å². The van der Waals surface area contributed by atoms with Crippen LogP contribution in [-0.4, -0.2) is 37.1 Å². The SMILES string of the molecule is C=C(Br)CN(CC)CC1CCCN1. The second-order valence-corrected chi connectivity index (χ2v) is 4.76. The first-order valence-corrected chi connectivity index (χ1v) is 5.80. The van der Waals surface area contributed by atoms with E-state index >= 15 is 0 Å². The van der Waals surface area contributed by atoms with Gasteiger partial charge in [0.25, 0.3) is 0 Å². The van der Waals surface area contributed by atoms with Crippen molar-refractivity contribution in [2.45, 2.75) is 25.8 Å². The molecule has 0 bridgehead atoms. The zero-order chi connectivity index (χ0) is 9.68. The van der Waals surface area contributed by atoms with Crippen molar-refractivity contribution in [2.24, 2.45) is 0 Å². The highest BCUT2D eigenvalue weighted by molar-refractivity contribution is 9.11. The van der Waals surface area contributed by atoms with Gasteiger partial charge in [-0.1, -0.05) is 29.4 Å². The molecule has 13 heavy (non-hydrogen) atoms. The summed E-state index contributed by atoms with van der Waals surface area (Å²) < 4.78 is 1.08. The summed E-state index contributed by atoms with van der Waals surface area (Å²) in [6.07, 6.45) is 2.66. The van der Waals surface area contributed by atoms with Gasteiger partial charge in [0.05, 0.1) is 0 Å². The van der Waals surface area contributed by atoms with Gasteiger partial charge in [-0.15, -0.1) is 0 Å². The fourth-order valence-electron chi connectivity index (χ4n) is 1.77. The summed E-state index contributed by atoms with van der Waals surface area (Å²) in [5.74, 6) is 0. The molecule has 76 valence electrons. The van der Waals surface area contributed by atoms with Gasteiger partial charge in [-0.2, -0.15) is 0 Å². The van der Waals surface area contributed by atoms with Crippen molar-refractivity contribution in [3.05, 3.63) is 11.1 Å². The number of nitrogens with zero attached hydrogens (tertiary/aromatic N) is 1. The van der Waals surface area contributed by atoms with Gasteiger partial charge in [-0.25, -0.2) is 0 Å². The molecule has 1 fully saturated rings. The lowest BCUT2D eigenvalue weighted by Gasteiger charge is -2.23. The van der Waals surface area contributed by atoms with Crippen LogP contribution in [-0.2, 0) is 0 Å². The first kappa shape index (κ1) is 11.2. The maximum atomic E-state index is 3.87. The zero-order valence-corrected chi connectivity index (χ0v) is 9.94. The fraction of sp³-hybridized carbons (Fsp3) is 0.800. The molecule has 1 saturated heterocycles. The van der Waals surface area contributed by atoms with Crippen LogP contribution in [0.4, 0.5) is 0 Å². The summed E-state index contributed by atoms with van der Waals surface area (Å²) in [5.41, 5.74) is 0. The Hall–Kier alpha value is 0.140. The van der Waals surface area contributed by atoms with Crippen molar-refractivity contribution in [1.29, 1.82) is 0 Å². The van der Waals surface area contributed by atoms with Crippen LogP contribution in [0.25, 0.3) is 0 Å². The van der Waals surface area contributed by atoms with Crippen molar-refractivity contribution < 1.29 is 0 Å². The fourth-order valence-corrected chi connectivity index (χ4v) is 2.13. The predicted octanol–water partition coefficient (Wildman–Crippen LogP) is 1.97. The Morgan fingerprint density at radius 3 is 2.92 bits per heavy atom. The molecule has 0 saturated carbocycles. The summed E-state index contributed by atoms with van der Waals surface area (Å²) in [6, 6.07) is 0.701. The van der Waals surface area contributed by atoms with Gasteiger partial charge in [0.1, 0.15) is 0 Å². The summed E-state index contributed by atoms with van der Waals surface area (Å²) in [7, 11) is 0. The van der Waals surface area contributed by atoms with E-state index in [1.807, 2.05) is 0 Å². The quantitative estimate of drug-likeness (QED) is 0.799. The molecule has 0 aliphatic carbocycles. The molecule has 1 aliphatic rings. The van der Waals surface area contributed by atoms with Crippen LogP contribution in [0.1, 0.15) is 19.8 Å². The molecular formula is C10H19BrN2. The van der Waals surface area contributed by atoms with Gasteiger partial charge < -0.3 is 5.32 Å². The number of hydrogen-bond donors (Lipinski definition) is 1. The number of likely N-dealkylation sites (N-methyl/N-ethyl adjacent to an activating group) is 1. The van der Waals surface area contributed by atoms with E-state index in [0.717, 1.165) is 24.1 Å². The molecule has 0 amide bonds. The van der Waals surface area contributed by atoms with E-state index in [1.54, 1.807) is 0 Å². The minimum Gasteiger partial charge on any atom is -0.313 e. The lowest BCUT2D eigenvalue weighted by Crippen LogP contribution is -2.37. The summed E-state index contributed by atoms with van der Waals surface area (Å²) in [5, 5.41) is 3.51. The molecule has 0 radical (unpaired) electrons. The van der Waals surface area contributed by atoms with Gasteiger partial charge >= 0.3 is 0 Å². The van der Waals surface area contributed by atoms with Gasteiger partial charge in [-0.3, -0.25) is 4.90 Å². The van der Waals surface area contributed by atoms with Crippen molar-refractivity contribution in [3.8, 4) is 0 Å². The van der Waals surface area contributed by atoms with Crippen LogP contribution in [0.2, 0.25) is 0 Å². The standard InChI is InChI=1S/C10H19BrN2/c1-3-13(7-9(2)11)8-10-5-4-6-12-10/h10,12H,2-8H2,1H3. The van der Waals surface area contributed by atoms with Gasteiger partial charge in [-0.05, 0) is 25.9 Å². The van der Waals surface area contributed by atoms with Crippen molar-refractivity contribution >= 4 is 15.9 Å². The smallest absolute Gasteiger partial charge is 0.0294 e. The normalized spacial score (nSPS) is 22.5. The van der Waals surface area contributed by atoms with Crippen molar-refractivity contribution in [2.75, 3.05) is 26.2 Å². The second-order valence-electron chi connectivity index (χ2n) is 3.64. The molecule has 0 aromatic rings. The molecule has 1 heterocycles. The number of hydrogen-bond acceptors (Lipinski definition) is 2. The maximum Gasteiger partial charge on any atom is 0.0294 e. The molecule has 3 heteroatoms. The molecule has 1 rings (SSSR count). The third kappa shape index (κ3) is 4.25. The Kier molecular flexibility index (Phi) is 4.99. The van der Waals surface area contributed by atoms with Crippen LogP contribution in [0.15, 0.2) is 11.1 Å². The first-order valence-electron chi connectivity index (χ1n) is 5.01. The Balaban J connectivity index is 2.25. The second kappa shape index (κ2) is 5.78. The average molecular weight is 247 g/mol. The molecular weight excluding hydrogens is 228 g/mol. The van der Waals surface area contributed by atoms with Gasteiger partial charge in [0, 0.05) is 23.6 Å². The van der Waals surface area contributed by atoms with Crippen LogP contribution in [0, 0.1) is 0 Å². The van der Waals surface area contributed by atoms with Crippen molar-refractivity contribution in [1.82, 2.24) is 10.2 Å². The predicted molar refractivity (Wildman–Crippen MR) is 61.2 cm³/mol. The molecule has 2 nitrogen and oxygen atoms in total. The van der Waals surface area contributed by atoms with Crippen LogP contribution in [0.5, 0.6) is 0 Å². The third-order valence-electron chi connectivity index (χ3n) is 2.48. The highest BCUT2D eigenvalue weighted by Gasteiger charge is 2.16. The Labute approximate surface area is 89.5 Å². The first-order chi connectivity index (χ1) is 6.22. The van der Waals surface area contributed by atoms with Crippen LogP contribution >= 0.6 is 15.9 Å². The lowest BCUT2D eigenvalue weighted by atomic mass is 10.2. The summed E-state index contributed by atoms with van der Waals surface area (Å²) in [6.45, 7) is 10.5. The molecule has 0 aromatic heterocycles. The topological polar surface area (TPSA) is 15.3 Å². The van der Waals surface area contributed by atoms with Crippen LogP contribution < -0.4 is 5.32 Å². The summed E-state index contributed by atoms with van der Waals surface area (Å²) in [4.78, 5) is 2.42. The number of nitrogens with one attached hydrogen (secondary N) is 1. The Morgan fingerprint density at radius 2 is 2.46 bits per heavy atom. The third-order valence-corrected chi connectivity index (χ3v) is 2.73. The molecule has 1 aliphatic heterocycles. The van der Waals surface area contributed by atoms with E-state index in [4.69, 9.17) is 0 Å². The van der Waals surface area contributed by atoms with Crippen LogP contribution in [0.3, 0.4) is 0 Å². The molecule has 0 aromatic carbocycles. The van der Waals surface area contributed by atoms with E-state index in [0.29, 0.717) is 6.04 Å². The largest absolute Gasteiger partial charge is 0.313 e.